The molecular formula is C18H14F4N2O3S. The zero-order valence-electron chi connectivity index (χ0n) is 14.3. The Balaban J connectivity index is 1.73. The molecule has 1 aromatic heterocycles. The van der Waals surface area contributed by atoms with Crippen LogP contribution in [0.5, 0.6) is 5.75 Å². The van der Waals surface area contributed by atoms with Crippen molar-refractivity contribution in [3.05, 3.63) is 59.5 Å². The maximum absolute atomic E-state index is 13.6. The van der Waals surface area contributed by atoms with Crippen LogP contribution in [0.25, 0.3) is 10.9 Å². The van der Waals surface area contributed by atoms with Crippen molar-refractivity contribution in [1.29, 1.82) is 0 Å². The number of hydrogen-bond donors (Lipinski definition) is 1. The van der Waals surface area contributed by atoms with Crippen LogP contribution >= 0.6 is 0 Å². The Kier molecular flexibility index (Phi) is 4.35. The van der Waals surface area contributed by atoms with E-state index in [2.05, 4.69) is 9.72 Å². The number of nitrogens with one attached hydrogen (secondary N) is 1. The maximum Gasteiger partial charge on any atom is 0.573 e. The molecule has 0 atom stereocenters. The van der Waals surface area contributed by atoms with E-state index in [0.29, 0.717) is 22.9 Å². The van der Waals surface area contributed by atoms with Crippen molar-refractivity contribution in [3.63, 3.8) is 0 Å². The van der Waals surface area contributed by atoms with Crippen LogP contribution in [-0.4, -0.2) is 30.6 Å². The molecule has 10 heteroatoms. The topological polar surface area (TPSA) is 62.4 Å². The van der Waals surface area contributed by atoms with Gasteiger partial charge in [0.15, 0.2) is 0 Å². The molecule has 0 amide bonds. The molecule has 4 rings (SSSR count). The zero-order chi connectivity index (χ0) is 20.1. The van der Waals surface area contributed by atoms with E-state index >= 15 is 0 Å². The lowest BCUT2D eigenvalue weighted by Gasteiger charge is -2.27. The van der Waals surface area contributed by atoms with Crippen molar-refractivity contribution in [2.75, 3.05) is 6.54 Å². The first-order valence-electron chi connectivity index (χ1n) is 8.29. The van der Waals surface area contributed by atoms with Gasteiger partial charge in [0.1, 0.15) is 16.5 Å². The van der Waals surface area contributed by atoms with Crippen LogP contribution in [0, 0.1) is 5.82 Å². The van der Waals surface area contributed by atoms with Crippen LogP contribution in [-0.2, 0) is 23.0 Å². The van der Waals surface area contributed by atoms with Crippen LogP contribution in [0.4, 0.5) is 17.6 Å². The number of H-pyrrole nitrogens is 1. The molecule has 0 aliphatic carbocycles. The molecule has 5 nitrogen and oxygen atoms in total. The fraction of sp³-hybridized carbons (Fsp3) is 0.222. The third-order valence-corrected chi connectivity index (χ3v) is 6.48. The normalized spacial score (nSPS) is 15.6. The second-order valence-corrected chi connectivity index (χ2v) is 8.26. The second kappa shape index (κ2) is 6.49. The Hall–Kier alpha value is -2.59. The van der Waals surface area contributed by atoms with Crippen molar-refractivity contribution in [2.45, 2.75) is 24.2 Å². The van der Waals surface area contributed by atoms with Crippen LogP contribution < -0.4 is 4.74 Å². The molecule has 0 saturated heterocycles. The number of para-hydroxylation sites is 1. The maximum atomic E-state index is 13.6. The minimum atomic E-state index is -5.02. The number of aromatic nitrogens is 1. The monoisotopic (exact) mass is 414 g/mol. The Morgan fingerprint density at radius 2 is 1.86 bits per heavy atom. The van der Waals surface area contributed by atoms with E-state index in [0.717, 1.165) is 22.1 Å². The summed E-state index contributed by atoms with van der Waals surface area (Å²) in [6.45, 7) is -0.00748. The lowest BCUT2D eigenvalue weighted by molar-refractivity contribution is -0.275. The highest BCUT2D eigenvalue weighted by molar-refractivity contribution is 7.89. The number of rotatable bonds is 3. The van der Waals surface area contributed by atoms with Crippen molar-refractivity contribution >= 4 is 20.9 Å². The van der Waals surface area contributed by atoms with Crippen LogP contribution in [0.15, 0.2) is 47.4 Å². The van der Waals surface area contributed by atoms with Crippen molar-refractivity contribution in [3.8, 4) is 5.75 Å². The summed E-state index contributed by atoms with van der Waals surface area (Å²) in [5, 5.41) is 0.551. The zero-order valence-corrected chi connectivity index (χ0v) is 15.1. The van der Waals surface area contributed by atoms with Crippen LogP contribution in [0.3, 0.4) is 0 Å². The summed E-state index contributed by atoms with van der Waals surface area (Å²) in [4.78, 5) is 2.57. The highest BCUT2D eigenvalue weighted by Crippen LogP contribution is 2.35. The molecule has 28 heavy (non-hydrogen) atoms. The molecular weight excluding hydrogens is 400 g/mol. The predicted octanol–water partition coefficient (Wildman–Crippen LogP) is 3.95. The number of halogens is 4. The molecule has 0 radical (unpaired) electrons. The molecule has 0 unspecified atom stereocenters. The van der Waals surface area contributed by atoms with Gasteiger partial charge < -0.3 is 9.72 Å². The minimum absolute atomic E-state index is 0.0744. The number of hydrogen-bond acceptors (Lipinski definition) is 3. The average Bonchev–Trinajstić information content (AvgIpc) is 2.98. The highest BCUT2D eigenvalue weighted by Gasteiger charge is 2.37. The van der Waals surface area contributed by atoms with Gasteiger partial charge in [0.05, 0.1) is 0 Å². The van der Waals surface area contributed by atoms with E-state index in [1.165, 1.54) is 24.3 Å². The number of ether oxygens (including phenoxy) is 1. The van der Waals surface area contributed by atoms with Gasteiger partial charge in [-0.3, -0.25) is 0 Å². The lowest BCUT2D eigenvalue weighted by Crippen LogP contribution is -2.36. The summed E-state index contributed by atoms with van der Waals surface area (Å²) in [7, 11) is -4.26. The number of alkyl halides is 3. The van der Waals surface area contributed by atoms with E-state index in [1.807, 2.05) is 0 Å². The van der Waals surface area contributed by atoms with Crippen LogP contribution in [0.1, 0.15) is 11.3 Å². The van der Waals surface area contributed by atoms with Crippen molar-refractivity contribution in [2.24, 2.45) is 0 Å². The van der Waals surface area contributed by atoms with Gasteiger partial charge in [-0.15, -0.1) is 13.2 Å². The van der Waals surface area contributed by atoms with Crippen molar-refractivity contribution < 1.29 is 30.7 Å². The van der Waals surface area contributed by atoms with Gasteiger partial charge in [0, 0.05) is 36.1 Å². The number of aromatic amines is 1. The molecule has 148 valence electrons. The minimum Gasteiger partial charge on any atom is -0.404 e. The summed E-state index contributed by atoms with van der Waals surface area (Å²) in [6, 6.07) is 8.78. The first kappa shape index (κ1) is 18.8. The van der Waals surface area contributed by atoms with Gasteiger partial charge >= 0.3 is 6.36 Å². The number of sulfonamides is 1. The van der Waals surface area contributed by atoms with Crippen molar-refractivity contribution in [1.82, 2.24) is 9.29 Å². The molecule has 2 aromatic carbocycles. The van der Waals surface area contributed by atoms with Gasteiger partial charge in [-0.2, -0.15) is 4.31 Å². The molecule has 0 saturated carbocycles. The van der Waals surface area contributed by atoms with E-state index in [9.17, 15) is 26.0 Å². The molecule has 2 heterocycles. The van der Waals surface area contributed by atoms with E-state index in [4.69, 9.17) is 0 Å². The molecule has 1 aliphatic rings. The fourth-order valence-corrected chi connectivity index (χ4v) is 4.90. The SMILES string of the molecule is O=S(=O)(c1ccccc1OC(F)(F)F)N1CCc2[nH]c3ccc(F)cc3c2C1. The Bertz CT molecular complexity index is 1160. The summed E-state index contributed by atoms with van der Waals surface area (Å²) >= 11 is 0. The van der Waals surface area contributed by atoms with Crippen LogP contribution in [0.2, 0.25) is 0 Å². The Morgan fingerprint density at radius 1 is 1.11 bits per heavy atom. The predicted molar refractivity (Wildman–Crippen MR) is 92.7 cm³/mol. The molecule has 3 aromatic rings. The number of nitrogens with zero attached hydrogens (tertiary/aromatic N) is 1. The quantitative estimate of drug-likeness (QED) is 0.660. The first-order valence-corrected chi connectivity index (χ1v) is 9.73. The van der Waals surface area contributed by atoms with Gasteiger partial charge in [-0.25, -0.2) is 12.8 Å². The van der Waals surface area contributed by atoms with Gasteiger partial charge in [-0.1, -0.05) is 12.1 Å². The highest BCUT2D eigenvalue weighted by atomic mass is 32.2. The second-order valence-electron chi connectivity index (χ2n) is 6.36. The van der Waals surface area contributed by atoms with E-state index in [-0.39, 0.29) is 13.1 Å². The summed E-state index contributed by atoms with van der Waals surface area (Å²) < 4.78 is 82.6. The summed E-state index contributed by atoms with van der Waals surface area (Å²) in [6.07, 6.45) is -4.69. The Labute approximate surface area is 157 Å². The summed E-state index contributed by atoms with van der Waals surface area (Å²) in [5.41, 5.74) is 2.07. The first-order chi connectivity index (χ1) is 13.1. The van der Waals surface area contributed by atoms with Gasteiger partial charge in [0.25, 0.3) is 0 Å². The summed E-state index contributed by atoms with van der Waals surface area (Å²) in [5.74, 6) is -1.25. The number of benzene rings is 2. The van der Waals surface area contributed by atoms with Gasteiger partial charge in [-0.05, 0) is 35.9 Å². The molecule has 0 bridgehead atoms. The standard InChI is InChI=1S/C18H14F4N2O3S/c19-11-5-6-14-12(9-11)13-10-24(8-7-15(13)23-14)28(25,26)17-4-2-1-3-16(17)27-18(20,21)22/h1-6,9,23H,7-8,10H2. The van der Waals surface area contributed by atoms with Gasteiger partial charge in [0.2, 0.25) is 10.0 Å². The molecule has 1 N–H and O–H groups in total. The molecule has 1 aliphatic heterocycles. The average molecular weight is 414 g/mol. The van der Waals surface area contributed by atoms with E-state index in [1.54, 1.807) is 6.07 Å². The van der Waals surface area contributed by atoms with E-state index < -0.39 is 32.8 Å². The third-order valence-electron chi connectivity index (χ3n) is 4.59. The Morgan fingerprint density at radius 3 is 2.61 bits per heavy atom. The lowest BCUT2D eigenvalue weighted by atomic mass is 10.1. The molecule has 0 spiro atoms. The number of fused-ring (bicyclic) bond motifs is 3. The molecule has 0 fully saturated rings. The smallest absolute Gasteiger partial charge is 0.404 e. The largest absolute Gasteiger partial charge is 0.573 e. The fourth-order valence-electron chi connectivity index (χ4n) is 3.38. The third kappa shape index (κ3) is 3.33.